The molecule has 0 saturated carbocycles. The second-order valence-electron chi connectivity index (χ2n) is 6.74. The molecule has 0 atom stereocenters. The molecule has 120 valence electrons. The van der Waals surface area contributed by atoms with Gasteiger partial charge in [-0.1, -0.05) is 58.3 Å². The van der Waals surface area contributed by atoms with Crippen molar-refractivity contribution < 1.29 is 9.59 Å². The van der Waals surface area contributed by atoms with Crippen molar-refractivity contribution in [1.82, 2.24) is 0 Å². The molecule has 0 aromatic heterocycles. The van der Waals surface area contributed by atoms with E-state index in [0.717, 1.165) is 17.4 Å². The van der Waals surface area contributed by atoms with Crippen molar-refractivity contribution in [3.63, 3.8) is 0 Å². The lowest BCUT2D eigenvalue weighted by atomic mass is 10.1. The van der Waals surface area contributed by atoms with Crippen molar-refractivity contribution in [2.24, 2.45) is 0 Å². The summed E-state index contributed by atoms with van der Waals surface area (Å²) in [6.45, 7) is 4.66. The van der Waals surface area contributed by atoms with Gasteiger partial charge in [0.05, 0.1) is 33.4 Å². The van der Waals surface area contributed by atoms with Crippen LogP contribution in [0.4, 0.5) is 0 Å². The van der Waals surface area contributed by atoms with Gasteiger partial charge >= 0.3 is 0 Å². The number of hydrogen-bond donors (Lipinski definition) is 1. The van der Waals surface area contributed by atoms with Gasteiger partial charge in [-0.25, -0.2) is 0 Å². The molecule has 0 aromatic carbocycles. The second-order valence-corrected chi connectivity index (χ2v) is 6.74. The van der Waals surface area contributed by atoms with Crippen LogP contribution in [0.25, 0.3) is 0 Å². The van der Waals surface area contributed by atoms with Crippen molar-refractivity contribution in [2.45, 2.75) is 77.6 Å². The summed E-state index contributed by atoms with van der Waals surface area (Å²) in [6.07, 6.45) is 18.1. The molecule has 0 aliphatic carbocycles. The van der Waals surface area contributed by atoms with Crippen LogP contribution in [0.2, 0.25) is 0 Å². The van der Waals surface area contributed by atoms with Crippen molar-refractivity contribution in [3.05, 3.63) is 12.3 Å². The second kappa shape index (κ2) is 13.5. The van der Waals surface area contributed by atoms with Gasteiger partial charge in [-0.05, 0) is 18.9 Å². The Morgan fingerprint density at radius 1 is 0.750 bits per heavy atom. The van der Waals surface area contributed by atoms with Crippen LogP contribution < -0.4 is 0 Å². The highest BCUT2D eigenvalue weighted by Gasteiger charge is 2.12. The van der Waals surface area contributed by atoms with Crippen molar-refractivity contribution in [3.8, 4) is 0 Å². The zero-order chi connectivity index (χ0) is 15.1. The molecule has 1 N–H and O–H groups in total. The van der Waals surface area contributed by atoms with Gasteiger partial charge in [-0.2, -0.15) is 0 Å². The van der Waals surface area contributed by atoms with Crippen molar-refractivity contribution >= 4 is 0 Å². The number of rotatable bonds is 14. The average Bonchev–Trinajstić information content (AvgIpc) is 2.41. The van der Waals surface area contributed by atoms with Gasteiger partial charge in [-0.15, -0.1) is 0 Å². The fraction of sp³-hybridized carbons (Fsp3) is 0.889. The Balaban J connectivity index is 3.29. The smallest absolute Gasteiger partial charge is 0.0818 e. The molecule has 0 bridgehead atoms. The van der Waals surface area contributed by atoms with Gasteiger partial charge in [0.1, 0.15) is 0 Å². The summed E-state index contributed by atoms with van der Waals surface area (Å²) >= 11 is 0. The Bertz CT molecular complexity index is 223. The highest BCUT2D eigenvalue weighted by Crippen LogP contribution is 2.11. The molecule has 0 rings (SSSR count). The monoisotopic (exact) mass is 284 g/mol. The Kier molecular flexibility index (Phi) is 13.1. The fourth-order valence-corrected chi connectivity index (χ4v) is 2.64. The Morgan fingerprint density at radius 2 is 1.25 bits per heavy atom. The highest BCUT2D eigenvalue weighted by atomic mass is 16.2. The summed E-state index contributed by atoms with van der Waals surface area (Å²) in [5, 5.41) is 8.64. The number of quaternary nitrogens is 1. The molecule has 0 amide bonds. The first-order valence-corrected chi connectivity index (χ1v) is 8.73. The lowest BCUT2D eigenvalue weighted by Crippen LogP contribution is -2.41. The summed E-state index contributed by atoms with van der Waals surface area (Å²) < 4.78 is 1.07. The Hall–Kier alpha value is -0.500. The van der Waals surface area contributed by atoms with E-state index >= 15 is 0 Å². The quantitative estimate of drug-likeness (QED) is 0.256. The summed E-state index contributed by atoms with van der Waals surface area (Å²) in [5.41, 5.74) is 0. The molecule has 0 fully saturated rings. The van der Waals surface area contributed by atoms with Gasteiger partial charge < -0.3 is 9.59 Å². The molecule has 0 aliphatic rings. The van der Waals surface area contributed by atoms with E-state index in [9.17, 15) is 0 Å². The van der Waals surface area contributed by atoms with Gasteiger partial charge in [0, 0.05) is 6.42 Å². The van der Waals surface area contributed by atoms with E-state index in [-0.39, 0.29) is 0 Å². The largest absolute Gasteiger partial charge is 0.516 e. The molecule has 0 saturated heterocycles. The molecule has 0 aliphatic heterocycles. The minimum absolute atomic E-state index is 0.973. The number of unbranched alkanes of at least 4 members (excludes halogenated alkanes) is 9. The SMILES string of the molecule is CCCCCCCCCCCC[N+](C)(C)CCC=CO. The molecule has 0 unspecified atom stereocenters. The van der Waals surface area contributed by atoms with Crippen LogP contribution in [0, 0.1) is 0 Å². The van der Waals surface area contributed by atoms with E-state index in [4.69, 9.17) is 5.11 Å². The van der Waals surface area contributed by atoms with Gasteiger partial charge in [0.2, 0.25) is 0 Å². The van der Waals surface area contributed by atoms with E-state index in [1.54, 1.807) is 0 Å². The molecule has 0 radical (unpaired) electrons. The molecule has 0 heterocycles. The van der Waals surface area contributed by atoms with E-state index in [2.05, 4.69) is 21.0 Å². The molecule has 0 spiro atoms. The van der Waals surface area contributed by atoms with Crippen LogP contribution in [0.15, 0.2) is 12.3 Å². The zero-order valence-electron chi connectivity index (χ0n) is 14.2. The maximum absolute atomic E-state index is 8.64. The molecular formula is C18H38NO+. The third kappa shape index (κ3) is 13.9. The van der Waals surface area contributed by atoms with E-state index < -0.39 is 0 Å². The van der Waals surface area contributed by atoms with E-state index in [0.29, 0.717) is 0 Å². The van der Waals surface area contributed by atoms with Crippen LogP contribution in [-0.4, -0.2) is 36.8 Å². The zero-order valence-corrected chi connectivity index (χ0v) is 14.2. The topological polar surface area (TPSA) is 20.2 Å². The lowest BCUT2D eigenvalue weighted by molar-refractivity contribution is -0.890. The normalized spacial score (nSPS) is 12.3. The van der Waals surface area contributed by atoms with Gasteiger partial charge in [-0.3, -0.25) is 0 Å². The standard InChI is InChI=1S/C18H37NO/c1-4-5-6-7-8-9-10-11-12-13-16-19(2,3)17-14-15-18-20/h15,18H,4-14,16-17H2,1-3H3/p+1. The van der Waals surface area contributed by atoms with Gasteiger partial charge in [0.25, 0.3) is 0 Å². The Labute approximate surface area is 127 Å². The van der Waals surface area contributed by atoms with Crippen molar-refractivity contribution in [1.29, 1.82) is 0 Å². The minimum Gasteiger partial charge on any atom is -0.516 e. The molecular weight excluding hydrogens is 246 g/mol. The molecule has 20 heavy (non-hydrogen) atoms. The Morgan fingerprint density at radius 3 is 1.75 bits per heavy atom. The summed E-state index contributed by atoms with van der Waals surface area (Å²) in [4.78, 5) is 0. The summed E-state index contributed by atoms with van der Waals surface area (Å²) in [6, 6.07) is 0. The summed E-state index contributed by atoms with van der Waals surface area (Å²) in [5.74, 6) is 0. The van der Waals surface area contributed by atoms with Crippen LogP contribution in [-0.2, 0) is 0 Å². The maximum Gasteiger partial charge on any atom is 0.0818 e. The third-order valence-corrected chi connectivity index (χ3v) is 4.12. The minimum atomic E-state index is 0.973. The first-order valence-electron chi connectivity index (χ1n) is 8.73. The first-order chi connectivity index (χ1) is 9.62. The van der Waals surface area contributed by atoms with Crippen LogP contribution in [0.3, 0.4) is 0 Å². The average molecular weight is 285 g/mol. The van der Waals surface area contributed by atoms with Crippen molar-refractivity contribution in [2.75, 3.05) is 27.2 Å². The highest BCUT2D eigenvalue weighted by molar-refractivity contribution is 4.70. The van der Waals surface area contributed by atoms with Gasteiger partial charge in [0.15, 0.2) is 0 Å². The number of aliphatic hydroxyl groups excluding tert-OH is 1. The van der Waals surface area contributed by atoms with Crippen LogP contribution in [0.5, 0.6) is 0 Å². The maximum atomic E-state index is 8.64. The molecule has 2 nitrogen and oxygen atoms in total. The predicted molar refractivity (Wildman–Crippen MR) is 90.1 cm³/mol. The van der Waals surface area contributed by atoms with E-state index in [1.165, 1.54) is 77.0 Å². The first kappa shape index (κ1) is 19.5. The predicted octanol–water partition coefficient (Wildman–Crippen LogP) is 5.45. The number of nitrogens with zero attached hydrogens (tertiary/aromatic N) is 1. The molecule has 0 aromatic rings. The lowest BCUT2D eigenvalue weighted by Gasteiger charge is -2.29. The number of aliphatic hydroxyl groups is 1. The van der Waals surface area contributed by atoms with E-state index in [1.807, 2.05) is 6.08 Å². The van der Waals surface area contributed by atoms with Crippen LogP contribution >= 0.6 is 0 Å². The van der Waals surface area contributed by atoms with Crippen LogP contribution in [0.1, 0.15) is 77.6 Å². The third-order valence-electron chi connectivity index (χ3n) is 4.12. The molecule has 2 heteroatoms. The summed E-state index contributed by atoms with van der Waals surface area (Å²) in [7, 11) is 4.58. The fourth-order valence-electron chi connectivity index (χ4n) is 2.64. The number of hydrogen-bond acceptors (Lipinski definition) is 1.